The fourth-order valence-corrected chi connectivity index (χ4v) is 10.2. The van der Waals surface area contributed by atoms with Gasteiger partial charge in [0.25, 0.3) is 0 Å². The second-order valence-electron chi connectivity index (χ2n) is 22.6. The number of hydrogen-bond donors (Lipinski definition) is 4. The van der Waals surface area contributed by atoms with Gasteiger partial charge in [-0.3, -0.25) is 32.5 Å². The standard InChI is InChI=1S/C73H122O16P2/c1-4-7-10-13-16-19-22-24-26-28-29-30-31-32-33-34-35-36-37-39-41-42-45-47-50-53-56-59-71(76)83-62-68(74)63-85-90(79,80)86-64-69(75)65-87-91(81,82)88-67-70(89-73(78)61-58-55-52-49-44-21-18-15-12-9-6-3)66-84-72(77)60-57-54-51-48-46-43-40-38-27-25-23-20-17-14-11-8-5-2/h7-8,10-11,15-20,24-27,29-30,32-33,40,43,48,51,68-70,74-75H,4-6,9,12-14,21-23,28,31,34-39,41-42,44-47,49-50,52-67H2,1-3H3,(H,79,80)(H,81,82)/b10-7-,11-8-,18-15-,19-16-,20-17-,26-24-,27-25-,30-29-,33-32-,43-40-,51-48-. The van der Waals surface area contributed by atoms with E-state index in [1.54, 1.807) is 0 Å². The van der Waals surface area contributed by atoms with Crippen LogP contribution in [0.2, 0.25) is 0 Å². The van der Waals surface area contributed by atoms with E-state index in [1.807, 2.05) is 12.2 Å². The van der Waals surface area contributed by atoms with E-state index in [4.69, 9.17) is 32.3 Å². The molecule has 520 valence electrons. The SMILES string of the molecule is CC/C=C\C/C=C\C/C=C\C/C=C\C/C=C\CCCCCCCCCCCCCC(=O)OCC(O)COP(=O)(O)OCC(O)COP(=O)(O)OCC(COC(=O)CCC/C=C\C/C=C\C/C=C\C/C=C\C/C=C\CC)OC(=O)CCCCCCC/C=C\CCCC. The van der Waals surface area contributed by atoms with Crippen molar-refractivity contribution in [2.24, 2.45) is 0 Å². The van der Waals surface area contributed by atoms with Gasteiger partial charge in [0, 0.05) is 19.3 Å². The van der Waals surface area contributed by atoms with E-state index in [1.165, 1.54) is 57.8 Å². The lowest BCUT2D eigenvalue weighted by Gasteiger charge is -2.21. The van der Waals surface area contributed by atoms with E-state index in [9.17, 15) is 43.5 Å². The molecule has 0 heterocycles. The van der Waals surface area contributed by atoms with Crippen LogP contribution in [0, 0.1) is 0 Å². The van der Waals surface area contributed by atoms with E-state index in [0.717, 1.165) is 128 Å². The minimum absolute atomic E-state index is 0.0787. The molecule has 5 unspecified atom stereocenters. The van der Waals surface area contributed by atoms with Crippen LogP contribution in [-0.2, 0) is 55.8 Å². The Morgan fingerprint density at radius 2 is 0.593 bits per heavy atom. The average Bonchev–Trinajstić information content (AvgIpc) is 3.69. The maximum absolute atomic E-state index is 12.8. The predicted octanol–water partition coefficient (Wildman–Crippen LogP) is 19.2. The number of phosphoric ester groups is 2. The molecule has 0 spiro atoms. The largest absolute Gasteiger partial charge is 0.472 e. The summed E-state index contributed by atoms with van der Waals surface area (Å²) in [5.41, 5.74) is 0. The Balaban J connectivity index is 4.52. The Morgan fingerprint density at radius 3 is 0.978 bits per heavy atom. The normalized spacial score (nSPS) is 15.0. The van der Waals surface area contributed by atoms with Crippen molar-refractivity contribution in [3.05, 3.63) is 134 Å². The van der Waals surface area contributed by atoms with Gasteiger partial charge in [0.1, 0.15) is 25.4 Å². The van der Waals surface area contributed by atoms with Crippen LogP contribution in [-0.4, -0.2) is 95.9 Å². The number of allylic oxidation sites excluding steroid dienone is 22. The highest BCUT2D eigenvalue weighted by atomic mass is 31.2. The quantitative estimate of drug-likeness (QED) is 0.0146. The lowest BCUT2D eigenvalue weighted by atomic mass is 10.0. The number of carbonyl (C=O) groups is 3. The number of aliphatic hydroxyl groups excluding tert-OH is 2. The summed E-state index contributed by atoms with van der Waals surface area (Å²) in [7, 11) is -9.79. The van der Waals surface area contributed by atoms with E-state index in [2.05, 4.69) is 142 Å². The number of aliphatic hydroxyl groups is 2. The van der Waals surface area contributed by atoms with Gasteiger partial charge in [0.05, 0.1) is 26.4 Å². The van der Waals surface area contributed by atoms with Crippen molar-refractivity contribution in [2.45, 2.75) is 270 Å². The summed E-state index contributed by atoms with van der Waals surface area (Å²) in [6.45, 7) is 2.30. The van der Waals surface area contributed by atoms with Crippen LogP contribution in [0.4, 0.5) is 0 Å². The van der Waals surface area contributed by atoms with Crippen LogP contribution in [0.25, 0.3) is 0 Å². The second kappa shape index (κ2) is 65.7. The Kier molecular flexibility index (Phi) is 62.6. The Morgan fingerprint density at radius 1 is 0.319 bits per heavy atom. The van der Waals surface area contributed by atoms with E-state index in [0.29, 0.717) is 25.7 Å². The van der Waals surface area contributed by atoms with Crippen LogP contribution >= 0.6 is 15.6 Å². The Hall–Kier alpha value is -4.31. The Labute approximate surface area is 550 Å². The molecule has 0 fully saturated rings. The van der Waals surface area contributed by atoms with Gasteiger partial charge < -0.3 is 34.2 Å². The van der Waals surface area contributed by atoms with Gasteiger partial charge in [0.2, 0.25) is 0 Å². The van der Waals surface area contributed by atoms with Gasteiger partial charge in [-0.25, -0.2) is 9.13 Å². The highest BCUT2D eigenvalue weighted by Crippen LogP contribution is 2.45. The lowest BCUT2D eigenvalue weighted by Crippen LogP contribution is -2.30. The molecule has 0 amide bonds. The third-order valence-corrected chi connectivity index (χ3v) is 15.7. The van der Waals surface area contributed by atoms with E-state index < -0.39 is 91.5 Å². The topological polar surface area (TPSA) is 231 Å². The molecule has 0 saturated heterocycles. The van der Waals surface area contributed by atoms with Crippen LogP contribution in [0.15, 0.2) is 134 Å². The summed E-state index contributed by atoms with van der Waals surface area (Å²) < 4.78 is 60.7. The van der Waals surface area contributed by atoms with Crippen molar-refractivity contribution in [3.63, 3.8) is 0 Å². The van der Waals surface area contributed by atoms with Gasteiger partial charge in [-0.1, -0.05) is 244 Å². The minimum atomic E-state index is -4.94. The summed E-state index contributed by atoms with van der Waals surface area (Å²) in [5.74, 6) is -1.66. The molecule has 0 rings (SSSR count). The molecule has 0 saturated carbocycles. The summed E-state index contributed by atoms with van der Waals surface area (Å²) >= 11 is 0. The molecule has 91 heavy (non-hydrogen) atoms. The highest BCUT2D eigenvalue weighted by Gasteiger charge is 2.29. The smallest absolute Gasteiger partial charge is 0.463 e. The number of esters is 3. The number of phosphoric acid groups is 2. The molecule has 5 atom stereocenters. The molecule has 0 aromatic heterocycles. The van der Waals surface area contributed by atoms with Crippen molar-refractivity contribution in [3.8, 4) is 0 Å². The molecule has 0 aromatic carbocycles. The number of unbranched alkanes of at least 4 members (excludes halogenated alkanes) is 19. The van der Waals surface area contributed by atoms with Crippen molar-refractivity contribution < 1.29 is 75.8 Å². The molecule has 0 aliphatic carbocycles. The van der Waals surface area contributed by atoms with Gasteiger partial charge in [-0.05, 0) is 122 Å². The zero-order chi connectivity index (χ0) is 66.7. The van der Waals surface area contributed by atoms with Crippen LogP contribution in [0.5, 0.6) is 0 Å². The maximum Gasteiger partial charge on any atom is 0.472 e. The van der Waals surface area contributed by atoms with Gasteiger partial charge in [0.15, 0.2) is 6.10 Å². The van der Waals surface area contributed by atoms with Crippen molar-refractivity contribution in [2.75, 3.05) is 39.6 Å². The molecule has 0 bridgehead atoms. The monoisotopic (exact) mass is 1320 g/mol. The number of carbonyl (C=O) groups excluding carboxylic acids is 3. The van der Waals surface area contributed by atoms with Crippen molar-refractivity contribution >= 4 is 33.6 Å². The first-order chi connectivity index (χ1) is 44.2. The predicted molar refractivity (Wildman–Crippen MR) is 371 cm³/mol. The summed E-state index contributed by atoms with van der Waals surface area (Å²) in [5, 5.41) is 20.5. The number of ether oxygens (including phenoxy) is 3. The first kappa shape index (κ1) is 86.7. The zero-order valence-electron chi connectivity index (χ0n) is 56.2. The van der Waals surface area contributed by atoms with E-state index in [-0.39, 0.29) is 19.3 Å². The molecule has 18 heteroatoms. The first-order valence-electron chi connectivity index (χ1n) is 34.5. The van der Waals surface area contributed by atoms with Crippen molar-refractivity contribution in [1.29, 1.82) is 0 Å². The Bertz CT molecular complexity index is 2190. The van der Waals surface area contributed by atoms with Crippen molar-refractivity contribution in [1.82, 2.24) is 0 Å². The molecule has 16 nitrogen and oxygen atoms in total. The molecule has 0 aliphatic heterocycles. The lowest BCUT2D eigenvalue weighted by molar-refractivity contribution is -0.161. The summed E-state index contributed by atoms with van der Waals surface area (Å²) in [6, 6.07) is 0. The fraction of sp³-hybridized carbons (Fsp3) is 0.658. The third kappa shape index (κ3) is 66.9. The summed E-state index contributed by atoms with van der Waals surface area (Å²) in [6.07, 6.45) is 76.8. The van der Waals surface area contributed by atoms with Crippen LogP contribution < -0.4 is 0 Å². The van der Waals surface area contributed by atoms with Gasteiger partial charge in [-0.15, -0.1) is 0 Å². The average molecular weight is 1320 g/mol. The molecule has 4 N–H and O–H groups in total. The molecular formula is C73H122O16P2. The summed E-state index contributed by atoms with van der Waals surface area (Å²) in [4.78, 5) is 58.2. The number of rotatable bonds is 64. The molecule has 0 radical (unpaired) electrons. The minimum Gasteiger partial charge on any atom is -0.463 e. The van der Waals surface area contributed by atoms with Gasteiger partial charge >= 0.3 is 33.6 Å². The maximum atomic E-state index is 12.8. The molecular weight excluding hydrogens is 1190 g/mol. The second-order valence-corrected chi connectivity index (χ2v) is 25.5. The molecule has 0 aromatic rings. The van der Waals surface area contributed by atoms with Crippen LogP contribution in [0.1, 0.15) is 252 Å². The van der Waals surface area contributed by atoms with Crippen LogP contribution in [0.3, 0.4) is 0 Å². The zero-order valence-corrected chi connectivity index (χ0v) is 58.0. The van der Waals surface area contributed by atoms with Gasteiger partial charge in [-0.2, -0.15) is 0 Å². The third-order valence-electron chi connectivity index (χ3n) is 13.8. The highest BCUT2D eigenvalue weighted by molar-refractivity contribution is 7.47. The molecule has 0 aliphatic rings. The fourth-order valence-electron chi connectivity index (χ4n) is 8.61. The number of hydrogen-bond acceptors (Lipinski definition) is 14. The first-order valence-corrected chi connectivity index (χ1v) is 37.5. The van der Waals surface area contributed by atoms with E-state index >= 15 is 0 Å².